The van der Waals surface area contributed by atoms with Gasteiger partial charge in [0, 0.05) is 12.1 Å². The number of rotatable bonds is 4. The highest BCUT2D eigenvalue weighted by atomic mass is 32.2. The van der Waals surface area contributed by atoms with E-state index in [1.165, 1.54) is 23.9 Å². The number of carbonyl (C=O) groups is 1. The molecule has 3 rings (SSSR count). The second kappa shape index (κ2) is 7.63. The third-order valence-electron chi connectivity index (χ3n) is 3.79. The zero-order valence-electron chi connectivity index (χ0n) is 13.8. The van der Waals surface area contributed by atoms with E-state index < -0.39 is 4.92 Å². The molecule has 0 spiro atoms. The molecule has 0 bridgehead atoms. The molecule has 1 heterocycles. The van der Waals surface area contributed by atoms with Crippen molar-refractivity contribution < 1.29 is 9.72 Å². The molecule has 5 nitrogen and oxygen atoms in total. The normalized spacial score (nSPS) is 16.0. The standard InChI is InChI=1S/C19H14N2O3S2/c1-13-5-2-3-7-16(13)20-18(22)17(26-19(20)25)8-4-6-14-9-11-15(12-10-14)21(23)24/h2-12H,1H3. The number of anilines is 1. The summed E-state index contributed by atoms with van der Waals surface area (Å²) in [6.45, 7) is 1.94. The first-order valence-electron chi connectivity index (χ1n) is 7.72. The molecular formula is C19H14N2O3S2. The lowest BCUT2D eigenvalue weighted by atomic mass is 10.2. The maximum Gasteiger partial charge on any atom is 0.270 e. The van der Waals surface area contributed by atoms with Crippen LogP contribution in [0.2, 0.25) is 0 Å². The van der Waals surface area contributed by atoms with Crippen LogP contribution in [0.3, 0.4) is 0 Å². The quantitative estimate of drug-likeness (QED) is 0.327. The Kier molecular flexibility index (Phi) is 5.29. The van der Waals surface area contributed by atoms with Gasteiger partial charge in [-0.15, -0.1) is 0 Å². The summed E-state index contributed by atoms with van der Waals surface area (Å²) in [5, 5.41) is 10.7. The number of amides is 1. The van der Waals surface area contributed by atoms with Crippen molar-refractivity contribution in [3.63, 3.8) is 0 Å². The lowest BCUT2D eigenvalue weighted by Gasteiger charge is -2.16. The Morgan fingerprint density at radius 3 is 2.50 bits per heavy atom. The van der Waals surface area contributed by atoms with Gasteiger partial charge in [0.1, 0.15) is 0 Å². The first kappa shape index (κ1) is 18.0. The van der Waals surface area contributed by atoms with Gasteiger partial charge in [0.25, 0.3) is 11.6 Å². The van der Waals surface area contributed by atoms with Crippen LogP contribution in [-0.4, -0.2) is 15.2 Å². The van der Waals surface area contributed by atoms with Gasteiger partial charge in [-0.25, -0.2) is 0 Å². The Labute approximate surface area is 160 Å². The number of hydrogen-bond donors (Lipinski definition) is 0. The minimum atomic E-state index is -0.440. The summed E-state index contributed by atoms with van der Waals surface area (Å²) in [4.78, 5) is 25.0. The lowest BCUT2D eigenvalue weighted by Crippen LogP contribution is -2.28. The number of benzene rings is 2. The van der Waals surface area contributed by atoms with Crippen molar-refractivity contribution in [1.29, 1.82) is 0 Å². The van der Waals surface area contributed by atoms with Crippen molar-refractivity contribution in [2.75, 3.05) is 4.90 Å². The van der Waals surface area contributed by atoms with Crippen molar-refractivity contribution in [3.8, 4) is 0 Å². The molecule has 0 radical (unpaired) electrons. The summed E-state index contributed by atoms with van der Waals surface area (Å²) in [5.74, 6) is -0.150. The predicted molar refractivity (Wildman–Crippen MR) is 109 cm³/mol. The Morgan fingerprint density at radius 2 is 1.85 bits per heavy atom. The maximum absolute atomic E-state index is 12.7. The molecule has 26 heavy (non-hydrogen) atoms. The largest absolute Gasteiger partial charge is 0.270 e. The number of thiocarbonyl (C=S) groups is 1. The number of nitro groups is 1. The molecule has 0 atom stereocenters. The van der Waals surface area contributed by atoms with Crippen molar-refractivity contribution in [2.24, 2.45) is 0 Å². The summed E-state index contributed by atoms with van der Waals surface area (Å²) in [5.41, 5.74) is 2.62. The zero-order valence-corrected chi connectivity index (χ0v) is 15.4. The van der Waals surface area contributed by atoms with Gasteiger partial charge in [0.15, 0.2) is 4.32 Å². The number of nitrogens with zero attached hydrogens (tertiary/aromatic N) is 2. The molecule has 0 aromatic heterocycles. The molecule has 130 valence electrons. The van der Waals surface area contributed by atoms with Crippen LogP contribution in [0.15, 0.2) is 65.6 Å². The molecule has 0 unspecified atom stereocenters. The van der Waals surface area contributed by atoms with Gasteiger partial charge in [-0.3, -0.25) is 19.8 Å². The van der Waals surface area contributed by atoms with E-state index >= 15 is 0 Å². The zero-order chi connectivity index (χ0) is 18.7. The van der Waals surface area contributed by atoms with Gasteiger partial charge in [-0.2, -0.15) is 0 Å². The molecule has 2 aromatic carbocycles. The first-order valence-corrected chi connectivity index (χ1v) is 8.94. The Morgan fingerprint density at radius 1 is 1.15 bits per heavy atom. The number of aryl methyl sites for hydroxylation is 1. The summed E-state index contributed by atoms with van der Waals surface area (Å²) >= 11 is 6.61. The van der Waals surface area contributed by atoms with E-state index in [4.69, 9.17) is 12.2 Å². The first-order chi connectivity index (χ1) is 12.5. The van der Waals surface area contributed by atoms with E-state index in [1.807, 2.05) is 31.2 Å². The average Bonchev–Trinajstić information content (AvgIpc) is 2.90. The van der Waals surface area contributed by atoms with E-state index in [2.05, 4.69) is 0 Å². The molecular weight excluding hydrogens is 368 g/mol. The van der Waals surface area contributed by atoms with E-state index in [9.17, 15) is 14.9 Å². The second-order valence-electron chi connectivity index (χ2n) is 5.53. The van der Waals surface area contributed by atoms with Crippen molar-refractivity contribution in [3.05, 3.63) is 86.8 Å². The van der Waals surface area contributed by atoms with Gasteiger partial charge in [0.2, 0.25) is 0 Å². The number of allylic oxidation sites excluding steroid dienone is 2. The highest BCUT2D eigenvalue weighted by Gasteiger charge is 2.33. The van der Waals surface area contributed by atoms with Crippen LogP contribution in [-0.2, 0) is 4.79 Å². The molecule has 2 aromatic rings. The summed E-state index contributed by atoms with van der Waals surface area (Å²) in [6.07, 6.45) is 5.23. The molecule has 0 saturated carbocycles. The number of para-hydroxylation sites is 1. The van der Waals surface area contributed by atoms with Gasteiger partial charge < -0.3 is 0 Å². The Hall–Kier alpha value is -2.77. The Balaban J connectivity index is 1.78. The van der Waals surface area contributed by atoms with Crippen LogP contribution in [0.4, 0.5) is 11.4 Å². The number of nitro benzene ring substituents is 1. The highest BCUT2D eigenvalue weighted by Crippen LogP contribution is 2.36. The van der Waals surface area contributed by atoms with E-state index in [0.717, 1.165) is 16.8 Å². The van der Waals surface area contributed by atoms with Crippen LogP contribution in [0, 0.1) is 17.0 Å². The molecule has 1 fully saturated rings. The van der Waals surface area contributed by atoms with Crippen LogP contribution in [0.25, 0.3) is 6.08 Å². The van der Waals surface area contributed by atoms with Crippen LogP contribution in [0.1, 0.15) is 11.1 Å². The maximum atomic E-state index is 12.7. The SMILES string of the molecule is Cc1ccccc1N1C(=O)C(=CC=Cc2ccc([N+](=O)[O-])cc2)SC1=S. The van der Waals surface area contributed by atoms with Crippen LogP contribution < -0.4 is 4.90 Å². The number of non-ortho nitro benzene ring substituents is 1. The summed E-state index contributed by atoms with van der Waals surface area (Å²) < 4.78 is 0.499. The molecule has 1 aliphatic heterocycles. The minimum Gasteiger partial charge on any atom is -0.268 e. The Bertz CT molecular complexity index is 950. The van der Waals surface area contributed by atoms with E-state index in [0.29, 0.717) is 9.23 Å². The lowest BCUT2D eigenvalue weighted by molar-refractivity contribution is -0.384. The number of hydrogen-bond acceptors (Lipinski definition) is 5. The van der Waals surface area contributed by atoms with Gasteiger partial charge in [0.05, 0.1) is 15.5 Å². The summed E-state index contributed by atoms with van der Waals surface area (Å²) in [7, 11) is 0. The topological polar surface area (TPSA) is 63.5 Å². The minimum absolute atomic E-state index is 0.0428. The van der Waals surface area contributed by atoms with Crippen molar-refractivity contribution >= 4 is 51.7 Å². The van der Waals surface area contributed by atoms with Crippen molar-refractivity contribution in [1.82, 2.24) is 0 Å². The predicted octanol–water partition coefficient (Wildman–Crippen LogP) is 4.87. The second-order valence-corrected chi connectivity index (χ2v) is 7.21. The number of thioether (sulfide) groups is 1. The third-order valence-corrected chi connectivity index (χ3v) is 5.11. The fourth-order valence-corrected chi connectivity index (χ4v) is 3.69. The van der Waals surface area contributed by atoms with Gasteiger partial charge in [-0.1, -0.05) is 54.3 Å². The molecule has 0 aliphatic carbocycles. The fourth-order valence-electron chi connectivity index (χ4n) is 2.46. The van der Waals surface area contributed by atoms with E-state index in [-0.39, 0.29) is 11.6 Å². The molecule has 0 N–H and O–H groups in total. The molecule has 1 saturated heterocycles. The van der Waals surface area contributed by atoms with E-state index in [1.54, 1.807) is 35.3 Å². The molecule has 7 heteroatoms. The average molecular weight is 382 g/mol. The molecule has 1 aliphatic rings. The van der Waals surface area contributed by atoms with Gasteiger partial charge in [-0.05, 0) is 42.3 Å². The highest BCUT2D eigenvalue weighted by molar-refractivity contribution is 8.27. The fraction of sp³-hybridized carbons (Fsp3) is 0.0526. The summed E-state index contributed by atoms with van der Waals surface area (Å²) in [6, 6.07) is 13.8. The van der Waals surface area contributed by atoms with Crippen LogP contribution >= 0.6 is 24.0 Å². The van der Waals surface area contributed by atoms with Crippen molar-refractivity contribution in [2.45, 2.75) is 6.92 Å². The van der Waals surface area contributed by atoms with Crippen LogP contribution in [0.5, 0.6) is 0 Å². The third kappa shape index (κ3) is 3.74. The monoisotopic (exact) mass is 382 g/mol. The number of carbonyl (C=O) groups excluding carboxylic acids is 1. The smallest absolute Gasteiger partial charge is 0.268 e. The molecule has 1 amide bonds. The van der Waals surface area contributed by atoms with Gasteiger partial charge >= 0.3 is 0 Å².